The van der Waals surface area contributed by atoms with Crippen LogP contribution in [-0.4, -0.2) is 0 Å². The highest BCUT2D eigenvalue weighted by atomic mass is 32.1. The van der Waals surface area contributed by atoms with E-state index in [0.717, 1.165) is 32.3 Å². The van der Waals surface area contributed by atoms with Crippen LogP contribution >= 0.6 is 22.7 Å². The van der Waals surface area contributed by atoms with Gasteiger partial charge < -0.3 is 5.11 Å². The van der Waals surface area contributed by atoms with Gasteiger partial charge in [0, 0.05) is 21.5 Å². The summed E-state index contributed by atoms with van der Waals surface area (Å²) in [5, 5.41) is 29.0. The maximum Gasteiger partial charge on any atom is 0.240 e. The Kier molecular flexibility index (Phi) is 2.23. The minimum atomic E-state index is 0.177. The zero-order valence-corrected chi connectivity index (χ0v) is 15.1. The highest BCUT2D eigenvalue weighted by Gasteiger charge is 2.21. The van der Waals surface area contributed by atoms with Crippen LogP contribution in [0.5, 0.6) is 5.75 Å². The van der Waals surface area contributed by atoms with Gasteiger partial charge in [-0.3, -0.25) is 0 Å². The number of hydrogen-bond acceptors (Lipinski definition) is 2. The molecule has 0 N–H and O–H groups in total. The zero-order valence-electron chi connectivity index (χ0n) is 13.5. The Morgan fingerprint density at radius 2 is 1.46 bits per heavy atom. The van der Waals surface area contributed by atoms with Crippen molar-refractivity contribution in [3.05, 3.63) is 59.3 Å². The maximum absolute atomic E-state index is 13.6. The topological polar surface area (TPSA) is 23.1 Å². The summed E-state index contributed by atoms with van der Waals surface area (Å²) in [5.41, 5.74) is 0. The third-order valence-electron chi connectivity index (χ3n) is 5.68. The smallest absolute Gasteiger partial charge is 0.240 e. The van der Waals surface area contributed by atoms with E-state index in [9.17, 15) is 5.11 Å². The first-order chi connectivity index (χ1) is 12.8. The van der Waals surface area contributed by atoms with E-state index in [1.165, 1.54) is 30.9 Å². The van der Waals surface area contributed by atoms with Gasteiger partial charge in [0.25, 0.3) is 0 Å². The van der Waals surface area contributed by atoms with E-state index >= 15 is 0 Å². The van der Waals surface area contributed by atoms with Gasteiger partial charge in [-0.25, -0.2) is 0 Å². The lowest BCUT2D eigenvalue weighted by Gasteiger charge is -2.09. The van der Waals surface area contributed by atoms with Crippen LogP contribution in [0.2, 0.25) is 0 Å². The van der Waals surface area contributed by atoms with Crippen molar-refractivity contribution in [1.29, 1.82) is 0 Å². The first-order valence-corrected chi connectivity index (χ1v) is 10.3. The van der Waals surface area contributed by atoms with Crippen LogP contribution in [0.3, 0.4) is 0 Å². The Morgan fingerprint density at radius 1 is 0.731 bits per heavy atom. The molecule has 26 heavy (non-hydrogen) atoms. The molecule has 0 saturated carbocycles. The normalized spacial score (nSPS) is 12.8. The lowest BCUT2D eigenvalue weighted by molar-refractivity contribution is -0.263. The van der Waals surface area contributed by atoms with Crippen molar-refractivity contribution in [2.45, 2.75) is 0 Å². The fraction of sp³-hybridized carbons (Fsp3) is 0. The van der Waals surface area contributed by atoms with Gasteiger partial charge in [-0.15, -0.1) is 11.3 Å². The zero-order chi connectivity index (χ0) is 17.0. The molecular weight excluding hydrogens is 356 g/mol. The van der Waals surface area contributed by atoms with Crippen molar-refractivity contribution in [2.75, 3.05) is 0 Å². The molecule has 0 spiro atoms. The molecule has 120 valence electrons. The molecule has 0 aliphatic carbocycles. The molecule has 0 amide bonds. The van der Waals surface area contributed by atoms with E-state index in [0.29, 0.717) is 0 Å². The summed E-state index contributed by atoms with van der Waals surface area (Å²) < 4.78 is 2.53. The number of thiophene rings is 2. The maximum atomic E-state index is 13.6. The largest absolute Gasteiger partial charge is 0.872 e. The molecule has 1 nitrogen and oxygen atoms in total. The molecule has 0 saturated heterocycles. The first-order valence-electron chi connectivity index (χ1n) is 8.55. The number of rotatable bonds is 0. The molecule has 7 rings (SSSR count). The van der Waals surface area contributed by atoms with Gasteiger partial charge in [0.2, 0.25) is 21.4 Å². The average Bonchev–Trinajstić information content (AvgIpc) is 3.34. The number of benzene rings is 4. The van der Waals surface area contributed by atoms with Crippen molar-refractivity contribution >= 4 is 85.9 Å². The van der Waals surface area contributed by atoms with Crippen LogP contribution in [0, 0.1) is 0 Å². The second kappa shape index (κ2) is 4.32. The summed E-state index contributed by atoms with van der Waals surface area (Å²) in [4.78, 5) is 0. The van der Waals surface area contributed by atoms with Crippen molar-refractivity contribution in [1.82, 2.24) is 0 Å². The molecule has 0 unspecified atom stereocenters. The first kappa shape index (κ1) is 13.5. The fourth-order valence-electron chi connectivity index (χ4n) is 4.62. The van der Waals surface area contributed by atoms with Crippen LogP contribution < -0.4 is 5.11 Å². The van der Waals surface area contributed by atoms with E-state index in [-0.39, 0.29) is 5.75 Å². The molecular formula is C23H10OS2. The van der Waals surface area contributed by atoms with Crippen LogP contribution in [0.1, 0.15) is 0 Å². The Morgan fingerprint density at radius 3 is 2.31 bits per heavy atom. The van der Waals surface area contributed by atoms with Gasteiger partial charge in [-0.1, -0.05) is 36.1 Å². The van der Waals surface area contributed by atoms with Crippen LogP contribution in [0.25, 0.3) is 63.3 Å². The van der Waals surface area contributed by atoms with Gasteiger partial charge in [-0.05, 0) is 55.2 Å². The SMILES string of the molecule is [O-]c1c2c(cc3scc4cccc2c43)c2cc3[s+]cc4cccc(c12)c43. The van der Waals surface area contributed by atoms with Crippen molar-refractivity contribution < 1.29 is 5.11 Å². The minimum Gasteiger partial charge on any atom is -0.872 e. The number of hydrogen-bond donors (Lipinski definition) is 0. The highest BCUT2D eigenvalue weighted by molar-refractivity contribution is 7.18. The van der Waals surface area contributed by atoms with E-state index < -0.39 is 0 Å². The van der Waals surface area contributed by atoms with Gasteiger partial charge >= 0.3 is 0 Å². The van der Waals surface area contributed by atoms with Gasteiger partial charge in [0.05, 0.1) is 5.39 Å². The lowest BCUT2D eigenvalue weighted by Crippen LogP contribution is -1.89. The molecule has 0 atom stereocenters. The molecule has 0 bridgehead atoms. The van der Waals surface area contributed by atoms with Crippen molar-refractivity contribution in [2.24, 2.45) is 0 Å². The third-order valence-corrected chi connectivity index (χ3v) is 7.58. The van der Waals surface area contributed by atoms with Gasteiger partial charge in [0.15, 0.2) is 0 Å². The standard InChI is InChI=1S/C23H10OS2/c24-23-21-13-5-1-3-11-9-25-17(19(11)13)7-15(21)16-8-18-20-12(10-26-18)4-2-6-14(20)22(16)23/h1-10H. The molecule has 3 heteroatoms. The Balaban J connectivity index is 1.89. The second-order valence-electron chi connectivity index (χ2n) is 6.93. The third kappa shape index (κ3) is 1.39. The van der Waals surface area contributed by atoms with E-state index in [1.807, 2.05) is 0 Å². The molecule has 7 aromatic rings. The average molecular weight is 366 g/mol. The quantitative estimate of drug-likeness (QED) is 0.266. The summed E-state index contributed by atoms with van der Waals surface area (Å²) in [6, 6.07) is 17.1. The Hall–Kier alpha value is -2.75. The second-order valence-corrected chi connectivity index (χ2v) is 8.76. The van der Waals surface area contributed by atoms with Crippen molar-refractivity contribution in [3.8, 4) is 5.75 Å². The predicted molar refractivity (Wildman–Crippen MR) is 113 cm³/mol. The number of fused-ring (bicyclic) bond motifs is 5. The molecule has 0 aliphatic heterocycles. The Bertz CT molecular complexity index is 1520. The predicted octanol–water partition coefficient (Wildman–Crippen LogP) is 6.96. The van der Waals surface area contributed by atoms with E-state index in [1.54, 1.807) is 22.7 Å². The molecule has 2 aromatic heterocycles. The Labute approximate surface area is 156 Å². The lowest BCUT2D eigenvalue weighted by atomic mass is 10.0. The summed E-state index contributed by atoms with van der Waals surface area (Å²) in [5.74, 6) is 0.177. The van der Waals surface area contributed by atoms with Gasteiger partial charge in [-0.2, -0.15) is 0 Å². The monoisotopic (exact) mass is 366 g/mol. The summed E-state index contributed by atoms with van der Waals surface area (Å²) in [6.07, 6.45) is 0. The summed E-state index contributed by atoms with van der Waals surface area (Å²) in [6.45, 7) is 0. The molecule has 0 fully saturated rings. The fourth-order valence-corrected chi connectivity index (χ4v) is 6.59. The molecule has 5 aromatic carbocycles. The van der Waals surface area contributed by atoms with Crippen molar-refractivity contribution in [3.63, 3.8) is 0 Å². The summed E-state index contributed by atoms with van der Waals surface area (Å²) >= 11 is 3.53. The van der Waals surface area contributed by atoms with E-state index in [4.69, 9.17) is 0 Å². The van der Waals surface area contributed by atoms with Crippen LogP contribution in [0.15, 0.2) is 59.3 Å². The molecule has 0 aliphatic rings. The highest BCUT2D eigenvalue weighted by Crippen LogP contribution is 2.49. The van der Waals surface area contributed by atoms with Crippen LogP contribution in [-0.2, 0) is 0 Å². The van der Waals surface area contributed by atoms with E-state index in [2.05, 4.69) is 59.3 Å². The molecule has 0 radical (unpaired) electrons. The minimum absolute atomic E-state index is 0.177. The van der Waals surface area contributed by atoms with Crippen LogP contribution in [0.4, 0.5) is 0 Å². The summed E-state index contributed by atoms with van der Waals surface area (Å²) in [7, 11) is 0. The molecule has 2 heterocycles. The van der Waals surface area contributed by atoms with Gasteiger partial charge in [0.1, 0.15) is 0 Å².